The highest BCUT2D eigenvalue weighted by Gasteiger charge is 2.10. The molecule has 5 nitrogen and oxygen atoms in total. The van der Waals surface area contributed by atoms with Crippen LogP contribution < -0.4 is 5.32 Å². The molecule has 0 saturated heterocycles. The quantitative estimate of drug-likeness (QED) is 0.540. The molecule has 0 amide bonds. The summed E-state index contributed by atoms with van der Waals surface area (Å²) < 4.78 is 11.0. The van der Waals surface area contributed by atoms with E-state index in [1.54, 1.807) is 18.5 Å². The van der Waals surface area contributed by atoms with Gasteiger partial charge in [0.05, 0.1) is 17.4 Å². The number of nitrogens with zero attached hydrogens (tertiary/aromatic N) is 2. The molecule has 0 aliphatic rings. The normalized spacial score (nSPS) is 10.7. The monoisotopic (exact) mass is 337 g/mol. The molecule has 118 valence electrons. The van der Waals surface area contributed by atoms with E-state index >= 15 is 0 Å². The molecule has 0 saturated carbocycles. The van der Waals surface area contributed by atoms with Crippen LogP contribution in [0.5, 0.6) is 0 Å². The molecule has 4 rings (SSSR count). The van der Waals surface area contributed by atoms with Crippen molar-refractivity contribution in [1.82, 2.24) is 9.97 Å². The third-order valence-electron chi connectivity index (χ3n) is 3.48. The number of hydrogen-bond donors (Lipinski definition) is 1. The molecule has 0 bridgehead atoms. The highest BCUT2D eigenvalue weighted by Crippen LogP contribution is 2.31. The van der Waals surface area contributed by atoms with Gasteiger partial charge in [-0.1, -0.05) is 41.9 Å². The van der Waals surface area contributed by atoms with Crippen molar-refractivity contribution in [3.63, 3.8) is 0 Å². The fourth-order valence-electron chi connectivity index (χ4n) is 2.33. The van der Waals surface area contributed by atoms with Gasteiger partial charge in [0, 0.05) is 16.8 Å². The Morgan fingerprint density at radius 3 is 2.58 bits per heavy atom. The van der Waals surface area contributed by atoms with Crippen molar-refractivity contribution >= 4 is 23.3 Å². The molecule has 0 unspecified atom stereocenters. The van der Waals surface area contributed by atoms with Crippen LogP contribution in [0.25, 0.3) is 22.6 Å². The van der Waals surface area contributed by atoms with E-state index in [2.05, 4.69) is 15.3 Å². The van der Waals surface area contributed by atoms with Gasteiger partial charge < -0.3 is 14.2 Å². The zero-order chi connectivity index (χ0) is 16.4. The van der Waals surface area contributed by atoms with Gasteiger partial charge in [0.15, 0.2) is 17.9 Å². The van der Waals surface area contributed by atoms with Gasteiger partial charge in [-0.25, -0.2) is 9.97 Å². The van der Waals surface area contributed by atoms with E-state index in [4.69, 9.17) is 20.4 Å². The van der Waals surface area contributed by atoms with Crippen molar-refractivity contribution in [2.45, 2.75) is 0 Å². The smallest absolute Gasteiger partial charge is 0.299 e. The first kappa shape index (κ1) is 14.5. The predicted octanol–water partition coefficient (Wildman–Crippen LogP) is 5.39. The van der Waals surface area contributed by atoms with E-state index in [0.717, 1.165) is 16.8 Å². The lowest BCUT2D eigenvalue weighted by atomic mass is 10.1. The van der Waals surface area contributed by atoms with Crippen LogP contribution in [0.15, 0.2) is 76.2 Å². The molecule has 0 fully saturated rings. The molecule has 0 radical (unpaired) electrons. The molecule has 0 spiro atoms. The highest BCUT2D eigenvalue weighted by atomic mass is 35.5. The zero-order valence-electron chi connectivity index (χ0n) is 12.4. The van der Waals surface area contributed by atoms with Gasteiger partial charge in [-0.05, 0) is 18.2 Å². The van der Waals surface area contributed by atoms with E-state index in [1.165, 1.54) is 6.39 Å². The third-order valence-corrected chi connectivity index (χ3v) is 3.79. The number of benzene rings is 2. The summed E-state index contributed by atoms with van der Waals surface area (Å²) in [5, 5.41) is 3.65. The average molecular weight is 338 g/mol. The second-order valence-electron chi connectivity index (χ2n) is 5.08. The largest absolute Gasteiger partial charge is 0.443 e. The molecular formula is C18H12ClN3O2. The van der Waals surface area contributed by atoms with E-state index in [9.17, 15) is 0 Å². The Labute approximate surface area is 142 Å². The first-order valence-corrected chi connectivity index (χ1v) is 7.64. The molecule has 4 aromatic rings. The maximum absolute atomic E-state index is 6.31. The molecule has 24 heavy (non-hydrogen) atoms. The van der Waals surface area contributed by atoms with Crippen molar-refractivity contribution in [1.29, 1.82) is 0 Å². The van der Waals surface area contributed by atoms with E-state index < -0.39 is 0 Å². The van der Waals surface area contributed by atoms with Crippen molar-refractivity contribution < 1.29 is 8.83 Å². The number of oxazole rings is 2. The summed E-state index contributed by atoms with van der Waals surface area (Å²) in [5.41, 5.74) is 2.51. The fraction of sp³-hybridized carbons (Fsp3) is 0. The van der Waals surface area contributed by atoms with Crippen molar-refractivity contribution in [2.24, 2.45) is 0 Å². The number of nitrogens with one attached hydrogen (secondary N) is 1. The summed E-state index contributed by atoms with van der Waals surface area (Å²) in [6.07, 6.45) is 4.67. The maximum Gasteiger partial charge on any atom is 0.299 e. The SMILES string of the molecule is Clc1cc(Nc2ncc(-c3ccccc3)o2)ccc1-c1cnco1. The molecule has 2 aromatic heterocycles. The standard InChI is InChI=1S/C18H12ClN3O2/c19-15-8-13(6-7-14(15)17-9-20-11-23-17)22-18-21-10-16(24-18)12-4-2-1-3-5-12/h1-11H,(H,21,22). The fourth-order valence-corrected chi connectivity index (χ4v) is 2.61. The third kappa shape index (κ3) is 2.89. The van der Waals surface area contributed by atoms with Crippen molar-refractivity contribution in [2.75, 3.05) is 5.32 Å². The average Bonchev–Trinajstić information content (AvgIpc) is 3.28. The van der Waals surface area contributed by atoms with Crippen LogP contribution in [0, 0.1) is 0 Å². The number of aromatic nitrogens is 2. The molecule has 2 heterocycles. The molecule has 2 aromatic carbocycles. The summed E-state index contributed by atoms with van der Waals surface area (Å²) in [6.45, 7) is 0. The Morgan fingerprint density at radius 1 is 0.958 bits per heavy atom. The molecule has 0 aliphatic carbocycles. The van der Waals surface area contributed by atoms with Gasteiger partial charge in [-0.3, -0.25) is 0 Å². The summed E-state index contributed by atoms with van der Waals surface area (Å²) in [4.78, 5) is 8.14. The minimum absolute atomic E-state index is 0.400. The number of hydrogen-bond acceptors (Lipinski definition) is 5. The van der Waals surface area contributed by atoms with Gasteiger partial charge in [-0.2, -0.15) is 0 Å². The van der Waals surface area contributed by atoms with Gasteiger partial charge in [0.1, 0.15) is 0 Å². The first-order valence-electron chi connectivity index (χ1n) is 7.26. The minimum atomic E-state index is 0.400. The molecule has 0 atom stereocenters. The lowest BCUT2D eigenvalue weighted by molar-refractivity contribution is 0.572. The van der Waals surface area contributed by atoms with Crippen molar-refractivity contribution in [3.05, 3.63) is 72.3 Å². The second-order valence-corrected chi connectivity index (χ2v) is 5.49. The summed E-state index contributed by atoms with van der Waals surface area (Å²) >= 11 is 6.31. The lowest BCUT2D eigenvalue weighted by Crippen LogP contribution is -1.90. The Balaban J connectivity index is 1.56. The Hall–Kier alpha value is -3.05. The topological polar surface area (TPSA) is 64.1 Å². The van der Waals surface area contributed by atoms with E-state index in [1.807, 2.05) is 42.5 Å². The number of anilines is 2. The first-order chi connectivity index (χ1) is 11.8. The van der Waals surface area contributed by atoms with Crippen LogP contribution in [0.2, 0.25) is 5.02 Å². The van der Waals surface area contributed by atoms with Gasteiger partial charge in [0.25, 0.3) is 6.01 Å². The Bertz CT molecular complexity index is 950. The van der Waals surface area contributed by atoms with Gasteiger partial charge in [-0.15, -0.1) is 0 Å². The van der Waals surface area contributed by atoms with Crippen LogP contribution in [-0.2, 0) is 0 Å². The number of halogens is 1. The van der Waals surface area contributed by atoms with E-state index in [-0.39, 0.29) is 0 Å². The maximum atomic E-state index is 6.31. The predicted molar refractivity (Wildman–Crippen MR) is 92.2 cm³/mol. The molecule has 6 heteroatoms. The second kappa shape index (κ2) is 6.22. The summed E-state index contributed by atoms with van der Waals surface area (Å²) in [5.74, 6) is 1.32. The summed E-state index contributed by atoms with van der Waals surface area (Å²) in [6, 6.07) is 15.7. The zero-order valence-corrected chi connectivity index (χ0v) is 13.2. The Kier molecular flexibility index (Phi) is 3.76. The van der Waals surface area contributed by atoms with Crippen molar-refractivity contribution in [3.8, 4) is 22.6 Å². The molecule has 0 aliphatic heterocycles. The summed E-state index contributed by atoms with van der Waals surface area (Å²) in [7, 11) is 0. The van der Waals surface area contributed by atoms with Crippen LogP contribution >= 0.6 is 11.6 Å². The van der Waals surface area contributed by atoms with Crippen LogP contribution in [0.4, 0.5) is 11.7 Å². The van der Waals surface area contributed by atoms with Gasteiger partial charge >= 0.3 is 0 Å². The number of rotatable bonds is 4. The van der Waals surface area contributed by atoms with Gasteiger partial charge in [0.2, 0.25) is 0 Å². The Morgan fingerprint density at radius 2 is 1.83 bits per heavy atom. The highest BCUT2D eigenvalue weighted by molar-refractivity contribution is 6.33. The van der Waals surface area contributed by atoms with Crippen LogP contribution in [0.3, 0.4) is 0 Å². The van der Waals surface area contributed by atoms with Crippen LogP contribution in [0.1, 0.15) is 0 Å². The van der Waals surface area contributed by atoms with Crippen LogP contribution in [-0.4, -0.2) is 9.97 Å². The molecule has 1 N–H and O–H groups in total. The van der Waals surface area contributed by atoms with E-state index in [0.29, 0.717) is 22.6 Å². The minimum Gasteiger partial charge on any atom is -0.443 e. The lowest BCUT2D eigenvalue weighted by Gasteiger charge is -2.05. The molecular weight excluding hydrogens is 326 g/mol.